The fourth-order valence-corrected chi connectivity index (χ4v) is 3.07. The Bertz CT molecular complexity index is 701. The van der Waals surface area contributed by atoms with Gasteiger partial charge in [0.1, 0.15) is 0 Å². The fraction of sp³-hybridized carbons (Fsp3) is 0.412. The first kappa shape index (κ1) is 22.6. The van der Waals surface area contributed by atoms with Crippen molar-refractivity contribution in [1.29, 1.82) is 0 Å². The summed E-state index contributed by atoms with van der Waals surface area (Å²) in [6, 6.07) is 7.56. The van der Waals surface area contributed by atoms with E-state index in [0.717, 1.165) is 37.7 Å². The second-order valence-corrected chi connectivity index (χ2v) is 6.38. The van der Waals surface area contributed by atoms with E-state index >= 15 is 0 Å². The molecule has 1 aromatic carbocycles. The van der Waals surface area contributed by atoms with Gasteiger partial charge < -0.3 is 14.8 Å². The van der Waals surface area contributed by atoms with Crippen molar-refractivity contribution in [3.63, 3.8) is 0 Å². The number of nitrogens with zero attached hydrogens (tertiary/aromatic N) is 4. The van der Waals surface area contributed by atoms with Crippen molar-refractivity contribution in [3.8, 4) is 0 Å². The topological polar surface area (TPSA) is 53.4 Å². The van der Waals surface area contributed by atoms with Crippen molar-refractivity contribution in [1.82, 2.24) is 19.8 Å². The van der Waals surface area contributed by atoms with Gasteiger partial charge in [-0.1, -0.05) is 29.8 Å². The van der Waals surface area contributed by atoms with Crippen LogP contribution < -0.4 is 10.2 Å². The molecule has 0 bridgehead atoms. The summed E-state index contributed by atoms with van der Waals surface area (Å²) in [5.74, 6) is 1.01. The Kier molecular flexibility index (Phi) is 9.22. The van der Waals surface area contributed by atoms with Crippen LogP contribution in [0.4, 0.5) is 5.95 Å². The summed E-state index contributed by atoms with van der Waals surface area (Å²) in [6.07, 6.45) is 3.76. The van der Waals surface area contributed by atoms with Gasteiger partial charge in [-0.15, -0.1) is 24.8 Å². The average Bonchev–Trinajstić information content (AvgIpc) is 3.01. The fourth-order valence-electron chi connectivity index (χ4n) is 2.86. The molecule has 9 heteroatoms. The number of hydrogen-bond acceptors (Lipinski definition) is 4. The highest BCUT2D eigenvalue weighted by molar-refractivity contribution is 6.31. The first-order chi connectivity index (χ1) is 11.6. The maximum atomic E-state index is 12.1. The van der Waals surface area contributed by atoms with Crippen LogP contribution in [0.25, 0.3) is 0 Å². The number of aryl methyl sites for hydroxylation is 1. The Morgan fingerprint density at radius 1 is 1.19 bits per heavy atom. The van der Waals surface area contributed by atoms with Crippen LogP contribution in [-0.2, 0) is 18.4 Å². The van der Waals surface area contributed by atoms with E-state index in [1.807, 2.05) is 48.3 Å². The maximum Gasteiger partial charge on any atom is 0.234 e. The molecule has 6 nitrogen and oxygen atoms in total. The Morgan fingerprint density at radius 3 is 2.50 bits per heavy atom. The van der Waals surface area contributed by atoms with Crippen LogP contribution in [0.3, 0.4) is 0 Å². The normalized spacial score (nSPS) is 14.3. The van der Waals surface area contributed by atoms with Gasteiger partial charge >= 0.3 is 0 Å². The summed E-state index contributed by atoms with van der Waals surface area (Å²) < 4.78 is 2.02. The summed E-state index contributed by atoms with van der Waals surface area (Å²) in [4.78, 5) is 20.9. The SMILES string of the molecule is Cl.Cl.Cn1ccnc1N1CCN(CC(=O)NCc2ccccc2Cl)CC1. The standard InChI is InChI=1S/C17H22ClN5O.2ClH/c1-21-7-6-19-17(21)23-10-8-22(9-11-23)13-16(24)20-12-14-4-2-3-5-15(14)18;;/h2-7H,8-13H2,1H3,(H,20,24);2*1H. The Morgan fingerprint density at radius 2 is 1.88 bits per heavy atom. The lowest BCUT2D eigenvalue weighted by molar-refractivity contribution is -0.122. The third-order valence-corrected chi connectivity index (χ3v) is 4.62. The van der Waals surface area contributed by atoms with E-state index in [1.54, 1.807) is 0 Å². The van der Waals surface area contributed by atoms with Gasteiger partial charge in [0.2, 0.25) is 11.9 Å². The van der Waals surface area contributed by atoms with Gasteiger partial charge in [0.25, 0.3) is 0 Å². The quantitative estimate of drug-likeness (QED) is 0.807. The maximum absolute atomic E-state index is 12.1. The number of piperazine rings is 1. The van der Waals surface area contributed by atoms with E-state index in [0.29, 0.717) is 18.1 Å². The molecule has 2 heterocycles. The number of aromatic nitrogens is 2. The molecule has 2 aromatic rings. The number of benzene rings is 1. The molecular formula is C17H24Cl3N5O. The van der Waals surface area contributed by atoms with Crippen molar-refractivity contribution in [3.05, 3.63) is 47.2 Å². The van der Waals surface area contributed by atoms with Crippen molar-refractivity contribution >= 4 is 48.3 Å². The molecule has 26 heavy (non-hydrogen) atoms. The third kappa shape index (κ3) is 5.77. The van der Waals surface area contributed by atoms with Gasteiger partial charge in [-0.25, -0.2) is 4.98 Å². The van der Waals surface area contributed by atoms with Crippen molar-refractivity contribution in [2.45, 2.75) is 6.54 Å². The summed E-state index contributed by atoms with van der Waals surface area (Å²) in [7, 11) is 2.00. The lowest BCUT2D eigenvalue weighted by Crippen LogP contribution is -2.50. The predicted molar refractivity (Wildman–Crippen MR) is 110 cm³/mol. The number of carbonyl (C=O) groups excluding carboxylic acids is 1. The molecule has 0 unspecified atom stereocenters. The minimum Gasteiger partial charge on any atom is -0.351 e. The van der Waals surface area contributed by atoms with Crippen LogP contribution in [0.15, 0.2) is 36.7 Å². The van der Waals surface area contributed by atoms with Gasteiger partial charge in [0, 0.05) is 57.2 Å². The first-order valence-electron chi connectivity index (χ1n) is 8.08. The van der Waals surface area contributed by atoms with Gasteiger partial charge in [-0.05, 0) is 11.6 Å². The molecule has 0 radical (unpaired) electrons. The Labute approximate surface area is 171 Å². The van der Waals surface area contributed by atoms with Gasteiger partial charge in [-0.2, -0.15) is 0 Å². The predicted octanol–water partition coefficient (Wildman–Crippen LogP) is 2.36. The van der Waals surface area contributed by atoms with Crippen molar-refractivity contribution in [2.24, 2.45) is 7.05 Å². The largest absolute Gasteiger partial charge is 0.351 e. The molecule has 1 N–H and O–H groups in total. The molecule has 1 aromatic heterocycles. The van der Waals surface area contributed by atoms with Crippen LogP contribution in [0.1, 0.15) is 5.56 Å². The highest BCUT2D eigenvalue weighted by atomic mass is 35.5. The zero-order valence-electron chi connectivity index (χ0n) is 14.6. The molecule has 1 amide bonds. The molecule has 0 spiro atoms. The van der Waals surface area contributed by atoms with Gasteiger partial charge in [-0.3, -0.25) is 9.69 Å². The molecule has 0 atom stereocenters. The van der Waals surface area contributed by atoms with Crippen LogP contribution in [0, 0.1) is 0 Å². The van der Waals surface area contributed by atoms with Crippen LogP contribution in [-0.4, -0.2) is 53.1 Å². The van der Waals surface area contributed by atoms with Crippen molar-refractivity contribution < 1.29 is 4.79 Å². The number of imidazole rings is 1. The highest BCUT2D eigenvalue weighted by Gasteiger charge is 2.21. The lowest BCUT2D eigenvalue weighted by atomic mass is 10.2. The number of carbonyl (C=O) groups is 1. The third-order valence-electron chi connectivity index (χ3n) is 4.25. The van der Waals surface area contributed by atoms with Gasteiger partial charge in [0.05, 0.1) is 6.54 Å². The Hall–Kier alpha value is -1.47. The summed E-state index contributed by atoms with van der Waals surface area (Å²) in [5, 5.41) is 3.62. The average molecular weight is 421 g/mol. The summed E-state index contributed by atoms with van der Waals surface area (Å²) in [6.45, 7) is 4.34. The minimum absolute atomic E-state index is 0. The van der Waals surface area contributed by atoms with E-state index < -0.39 is 0 Å². The van der Waals surface area contributed by atoms with Crippen LogP contribution in [0.5, 0.6) is 0 Å². The number of amides is 1. The van der Waals surface area contributed by atoms with Crippen LogP contribution in [0.2, 0.25) is 5.02 Å². The molecule has 1 saturated heterocycles. The molecule has 144 valence electrons. The first-order valence-corrected chi connectivity index (χ1v) is 8.46. The second-order valence-electron chi connectivity index (χ2n) is 5.97. The molecule has 0 saturated carbocycles. The zero-order valence-corrected chi connectivity index (χ0v) is 17.0. The zero-order chi connectivity index (χ0) is 16.9. The number of nitrogens with one attached hydrogen (secondary N) is 1. The number of hydrogen-bond donors (Lipinski definition) is 1. The smallest absolute Gasteiger partial charge is 0.234 e. The summed E-state index contributed by atoms with van der Waals surface area (Å²) in [5.41, 5.74) is 0.937. The Balaban J connectivity index is 0.00000169. The van der Waals surface area contributed by atoms with Crippen molar-refractivity contribution in [2.75, 3.05) is 37.6 Å². The molecule has 1 fully saturated rings. The van der Waals surface area contributed by atoms with E-state index in [9.17, 15) is 4.79 Å². The lowest BCUT2D eigenvalue weighted by Gasteiger charge is -2.34. The molecule has 1 aliphatic rings. The van der Waals surface area contributed by atoms with Crippen LogP contribution >= 0.6 is 36.4 Å². The number of rotatable bonds is 5. The molecular weight excluding hydrogens is 397 g/mol. The summed E-state index contributed by atoms with van der Waals surface area (Å²) >= 11 is 6.10. The van der Waals surface area contributed by atoms with E-state index in [-0.39, 0.29) is 30.7 Å². The monoisotopic (exact) mass is 419 g/mol. The van der Waals surface area contributed by atoms with Gasteiger partial charge in [0.15, 0.2) is 0 Å². The molecule has 0 aliphatic carbocycles. The highest BCUT2D eigenvalue weighted by Crippen LogP contribution is 2.15. The number of halogens is 3. The molecule has 3 rings (SSSR count). The second kappa shape index (κ2) is 10.6. The number of anilines is 1. The molecule has 1 aliphatic heterocycles. The van der Waals surface area contributed by atoms with E-state index in [1.165, 1.54) is 0 Å². The van der Waals surface area contributed by atoms with E-state index in [2.05, 4.69) is 20.1 Å². The minimum atomic E-state index is 0. The van der Waals surface area contributed by atoms with E-state index in [4.69, 9.17) is 11.6 Å².